The van der Waals surface area contributed by atoms with Gasteiger partial charge in [-0.15, -0.1) is 23.4 Å². The molecule has 0 aromatic heterocycles. The first-order valence-corrected chi connectivity index (χ1v) is 9.47. The Morgan fingerprint density at radius 2 is 2.42 bits per heavy atom. The summed E-state index contributed by atoms with van der Waals surface area (Å²) in [6.07, 6.45) is 2.92. The molecule has 0 saturated carbocycles. The fourth-order valence-electron chi connectivity index (χ4n) is 2.48. The average Bonchev–Trinajstić information content (AvgIpc) is 3.12. The molecule has 4 nitrogen and oxygen atoms in total. The molecule has 1 aromatic rings. The second-order valence-electron chi connectivity index (χ2n) is 5.89. The highest BCUT2D eigenvalue weighted by atomic mass is 79.9. The smallest absolute Gasteiger partial charge is 0.257 e. The Labute approximate surface area is 157 Å². The predicted octanol–water partition coefficient (Wildman–Crippen LogP) is 4.17. The molecule has 2 aliphatic heterocycles. The van der Waals surface area contributed by atoms with E-state index in [1.54, 1.807) is 12.1 Å². The van der Waals surface area contributed by atoms with Crippen LogP contribution in [0.15, 0.2) is 38.8 Å². The van der Waals surface area contributed by atoms with E-state index in [9.17, 15) is 9.18 Å². The second-order valence-corrected chi connectivity index (χ2v) is 8.84. The van der Waals surface area contributed by atoms with Gasteiger partial charge in [0.2, 0.25) is 0 Å². The van der Waals surface area contributed by atoms with Gasteiger partial charge in [0.1, 0.15) is 5.82 Å². The van der Waals surface area contributed by atoms with Gasteiger partial charge in [-0.1, -0.05) is 27.2 Å². The van der Waals surface area contributed by atoms with Gasteiger partial charge < -0.3 is 10.2 Å². The molecule has 0 bridgehead atoms. The molecule has 0 spiro atoms. The van der Waals surface area contributed by atoms with Gasteiger partial charge in [0.15, 0.2) is 5.60 Å². The molecular formula is C16H15BrClFN2O2S. The van der Waals surface area contributed by atoms with E-state index in [0.29, 0.717) is 33.5 Å². The van der Waals surface area contributed by atoms with Crippen molar-refractivity contribution in [3.63, 3.8) is 0 Å². The lowest BCUT2D eigenvalue weighted by Gasteiger charge is -2.21. The Hall–Kier alpha value is -1.05. The van der Waals surface area contributed by atoms with Crippen LogP contribution in [0.1, 0.15) is 25.3 Å². The van der Waals surface area contributed by atoms with Gasteiger partial charge in [-0.25, -0.2) is 4.39 Å². The van der Waals surface area contributed by atoms with E-state index in [-0.39, 0.29) is 23.0 Å². The third-order valence-electron chi connectivity index (χ3n) is 3.75. The van der Waals surface area contributed by atoms with Gasteiger partial charge in [0.05, 0.1) is 21.9 Å². The van der Waals surface area contributed by atoms with E-state index >= 15 is 0 Å². The summed E-state index contributed by atoms with van der Waals surface area (Å²) in [4.78, 5) is 18.2. The molecule has 1 amide bonds. The number of allylic oxidation sites excluding steroid dienone is 1. The first kappa shape index (κ1) is 17.8. The van der Waals surface area contributed by atoms with E-state index in [1.807, 2.05) is 13.0 Å². The van der Waals surface area contributed by atoms with E-state index < -0.39 is 5.60 Å². The Kier molecular flexibility index (Phi) is 5.22. The number of hydrogen-bond acceptors (Lipinski definition) is 4. The lowest BCUT2D eigenvalue weighted by molar-refractivity contribution is -0.118. The molecule has 0 fully saturated rings. The number of oxime groups is 1. The molecular weight excluding hydrogens is 419 g/mol. The maximum atomic E-state index is 14.1. The van der Waals surface area contributed by atoms with E-state index in [4.69, 9.17) is 16.4 Å². The lowest BCUT2D eigenvalue weighted by atomic mass is 9.95. The van der Waals surface area contributed by atoms with Crippen LogP contribution in [0.3, 0.4) is 0 Å². The topological polar surface area (TPSA) is 50.7 Å². The van der Waals surface area contributed by atoms with E-state index in [1.165, 1.54) is 17.8 Å². The number of halogens is 3. The van der Waals surface area contributed by atoms with Gasteiger partial charge in [0.25, 0.3) is 5.91 Å². The Bertz CT molecular complexity index is 743. The zero-order chi connectivity index (χ0) is 17.3. The first-order chi connectivity index (χ1) is 11.4. The maximum Gasteiger partial charge on any atom is 0.257 e. The summed E-state index contributed by atoms with van der Waals surface area (Å²) >= 11 is 10.5. The van der Waals surface area contributed by atoms with Crippen LogP contribution in [0.5, 0.6) is 0 Å². The van der Waals surface area contributed by atoms with Crippen molar-refractivity contribution < 1.29 is 14.0 Å². The van der Waals surface area contributed by atoms with Crippen molar-refractivity contribution >= 4 is 50.9 Å². The van der Waals surface area contributed by atoms with Gasteiger partial charge >= 0.3 is 0 Å². The Morgan fingerprint density at radius 1 is 1.62 bits per heavy atom. The average molecular weight is 434 g/mol. The van der Waals surface area contributed by atoms with Crippen molar-refractivity contribution in [2.45, 2.75) is 30.1 Å². The summed E-state index contributed by atoms with van der Waals surface area (Å²) in [6.45, 7) is 2.11. The van der Waals surface area contributed by atoms with Gasteiger partial charge in [0, 0.05) is 16.5 Å². The minimum Gasteiger partial charge on any atom is -0.387 e. The fraction of sp³-hybridized carbons (Fsp3) is 0.375. The molecule has 1 N–H and O–H groups in total. The monoisotopic (exact) mass is 432 g/mol. The molecule has 0 radical (unpaired) electrons. The van der Waals surface area contributed by atoms with Crippen LogP contribution in [0.25, 0.3) is 0 Å². The third kappa shape index (κ3) is 3.95. The van der Waals surface area contributed by atoms with E-state index in [0.717, 1.165) is 0 Å². The van der Waals surface area contributed by atoms with Crippen LogP contribution < -0.4 is 5.32 Å². The third-order valence-corrected chi connectivity index (χ3v) is 5.74. The van der Waals surface area contributed by atoms with Crippen LogP contribution in [0, 0.1) is 5.82 Å². The molecule has 8 heteroatoms. The van der Waals surface area contributed by atoms with Gasteiger partial charge in [-0.05, 0) is 31.5 Å². The molecule has 24 heavy (non-hydrogen) atoms. The van der Waals surface area contributed by atoms with Gasteiger partial charge in [-0.3, -0.25) is 4.79 Å². The van der Waals surface area contributed by atoms with Crippen molar-refractivity contribution in [1.29, 1.82) is 0 Å². The number of carbonyl (C=O) groups is 1. The SMILES string of the molecule is CC1(CNC(=O)C2=CCC(Cl)S2)CC(c2ccc(Br)cc2F)=NO1. The minimum atomic E-state index is -0.700. The standard InChI is InChI=1S/C16H15BrClFN2O2S/c1-16(8-20-15(22)13-4-5-14(18)24-13)7-12(21-23-16)10-3-2-9(17)6-11(10)19/h2-4,6,14H,5,7-8H2,1H3,(H,20,22). The number of hydrogen-bond donors (Lipinski definition) is 1. The number of alkyl halides is 1. The van der Waals surface area contributed by atoms with Crippen molar-refractivity contribution in [1.82, 2.24) is 5.32 Å². The van der Waals surface area contributed by atoms with Crippen LogP contribution >= 0.6 is 39.3 Å². The molecule has 2 aliphatic rings. The summed E-state index contributed by atoms with van der Waals surface area (Å²) < 4.78 is 14.6. The fourth-order valence-corrected chi connectivity index (χ4v) is 4.03. The largest absolute Gasteiger partial charge is 0.387 e. The summed E-state index contributed by atoms with van der Waals surface area (Å²) in [6, 6.07) is 4.80. The molecule has 128 valence electrons. The second kappa shape index (κ2) is 7.06. The molecule has 2 unspecified atom stereocenters. The van der Waals surface area contributed by atoms with Crippen LogP contribution in [-0.4, -0.2) is 28.5 Å². The maximum absolute atomic E-state index is 14.1. The van der Waals surface area contributed by atoms with Crippen molar-refractivity contribution in [3.8, 4) is 0 Å². The number of benzene rings is 1. The summed E-state index contributed by atoms with van der Waals surface area (Å²) in [5.74, 6) is -0.531. The zero-order valence-corrected chi connectivity index (χ0v) is 16.0. The molecule has 3 rings (SSSR count). The number of rotatable bonds is 4. The van der Waals surface area contributed by atoms with E-state index in [2.05, 4.69) is 26.4 Å². The van der Waals surface area contributed by atoms with Crippen molar-refractivity contribution in [3.05, 3.63) is 45.0 Å². The van der Waals surface area contributed by atoms with Crippen LogP contribution in [-0.2, 0) is 9.63 Å². The predicted molar refractivity (Wildman–Crippen MR) is 97.7 cm³/mol. The summed E-state index contributed by atoms with van der Waals surface area (Å²) in [5, 5.41) is 6.84. The number of amides is 1. The summed E-state index contributed by atoms with van der Waals surface area (Å²) in [7, 11) is 0. The molecule has 0 saturated heterocycles. The molecule has 1 aromatic carbocycles. The van der Waals surface area contributed by atoms with Gasteiger partial charge in [-0.2, -0.15) is 0 Å². The molecule has 0 aliphatic carbocycles. The summed E-state index contributed by atoms with van der Waals surface area (Å²) in [5.41, 5.74) is 0.244. The highest BCUT2D eigenvalue weighted by Gasteiger charge is 2.36. The van der Waals surface area contributed by atoms with Crippen LogP contribution in [0.4, 0.5) is 4.39 Å². The molecule has 2 atom stereocenters. The quantitative estimate of drug-likeness (QED) is 0.725. The number of nitrogens with zero attached hydrogens (tertiary/aromatic N) is 1. The molecule has 2 heterocycles. The Balaban J connectivity index is 1.59. The Morgan fingerprint density at radius 3 is 3.08 bits per heavy atom. The van der Waals surface area contributed by atoms with Crippen LogP contribution in [0.2, 0.25) is 0 Å². The number of nitrogens with one attached hydrogen (secondary N) is 1. The lowest BCUT2D eigenvalue weighted by Crippen LogP contribution is -2.41. The zero-order valence-electron chi connectivity index (χ0n) is 12.8. The minimum absolute atomic E-state index is 0.0839. The number of carbonyl (C=O) groups excluding carboxylic acids is 1. The first-order valence-electron chi connectivity index (χ1n) is 7.36. The highest BCUT2D eigenvalue weighted by molar-refractivity contribution is 9.10. The number of thioether (sulfide) groups is 1. The van der Waals surface area contributed by atoms with Crippen molar-refractivity contribution in [2.24, 2.45) is 5.16 Å². The normalized spacial score (nSPS) is 25.9. The highest BCUT2D eigenvalue weighted by Crippen LogP contribution is 2.35. The van der Waals surface area contributed by atoms with Crippen molar-refractivity contribution in [2.75, 3.05) is 6.54 Å².